The third kappa shape index (κ3) is 31.1. The van der Waals surface area contributed by atoms with E-state index in [0.29, 0.717) is 138 Å². The Balaban J connectivity index is 2.99. The molecule has 0 aromatic carbocycles. The van der Waals surface area contributed by atoms with E-state index in [2.05, 4.69) is 5.32 Å². The maximum Gasteiger partial charge on any atom is 0.207 e. The smallest absolute Gasteiger partial charge is 0.207 e. The Hall–Kier alpha value is -0.930. The average molecular weight is 485 g/mol. The van der Waals surface area contributed by atoms with Gasteiger partial charge in [0.2, 0.25) is 6.41 Å². The van der Waals surface area contributed by atoms with Crippen LogP contribution in [-0.2, 0) is 47.4 Å². The first kappa shape index (κ1) is 32.1. The molecule has 0 aliphatic rings. The quantitative estimate of drug-likeness (QED) is 0.0943. The van der Waals surface area contributed by atoms with Gasteiger partial charge in [-0.2, -0.15) is 0 Å². The summed E-state index contributed by atoms with van der Waals surface area (Å²) in [5, 5.41) is 2.51. The highest BCUT2D eigenvalue weighted by atomic mass is 16.6. The summed E-state index contributed by atoms with van der Waals surface area (Å²) in [6, 6.07) is 0. The summed E-state index contributed by atoms with van der Waals surface area (Å²) in [7, 11) is 0. The Morgan fingerprint density at radius 3 is 0.909 bits per heavy atom. The molecule has 0 radical (unpaired) electrons. The number of ether oxygens (including phenoxy) is 9. The van der Waals surface area contributed by atoms with Crippen LogP contribution in [0, 0.1) is 0 Å². The molecule has 1 amide bonds. The Bertz CT molecular complexity index is 370. The van der Waals surface area contributed by atoms with Gasteiger partial charge in [-0.1, -0.05) is 0 Å². The fourth-order valence-corrected chi connectivity index (χ4v) is 2.13. The fraction of sp³-hybridized carbons (Fsp3) is 0.952. The van der Waals surface area contributed by atoms with Crippen molar-refractivity contribution in [2.75, 3.05) is 132 Å². The number of hydrogen-bond acceptors (Lipinski definition) is 11. The normalized spacial score (nSPS) is 11.2. The van der Waals surface area contributed by atoms with Crippen LogP contribution in [0.2, 0.25) is 0 Å². The van der Waals surface area contributed by atoms with Gasteiger partial charge in [-0.25, -0.2) is 0 Å². The van der Waals surface area contributed by atoms with E-state index in [0.717, 1.165) is 0 Å². The molecule has 0 heterocycles. The molecule has 0 atom stereocenters. The first-order chi connectivity index (χ1) is 16.4. The monoisotopic (exact) mass is 484 g/mol. The lowest BCUT2D eigenvalue weighted by atomic mass is 10.6. The van der Waals surface area contributed by atoms with E-state index in [1.54, 1.807) is 0 Å². The highest BCUT2D eigenvalue weighted by molar-refractivity contribution is 5.45. The van der Waals surface area contributed by atoms with Gasteiger partial charge in [-0.05, 0) is 0 Å². The summed E-state index contributed by atoms with van der Waals surface area (Å²) < 4.78 is 48.2. The number of hydrogen-bond donors (Lipinski definition) is 2. The zero-order chi connectivity index (χ0) is 23.9. The number of carbonyl (C=O) groups excluding carboxylic acids is 1. The van der Waals surface area contributed by atoms with Crippen LogP contribution in [0.3, 0.4) is 0 Å². The van der Waals surface area contributed by atoms with E-state index in [9.17, 15) is 4.79 Å². The Morgan fingerprint density at radius 1 is 0.424 bits per heavy atom. The molecule has 0 aliphatic heterocycles. The SMILES string of the molecule is NCCOCCOCCOCCOCCOCCOCCOCCOCCOCCNC=O. The molecule has 0 saturated heterocycles. The van der Waals surface area contributed by atoms with Gasteiger partial charge < -0.3 is 53.7 Å². The molecule has 12 heteroatoms. The van der Waals surface area contributed by atoms with Crippen molar-refractivity contribution < 1.29 is 47.4 Å². The molecule has 12 nitrogen and oxygen atoms in total. The minimum atomic E-state index is 0.478. The van der Waals surface area contributed by atoms with Crippen molar-refractivity contribution in [3.05, 3.63) is 0 Å². The van der Waals surface area contributed by atoms with E-state index >= 15 is 0 Å². The van der Waals surface area contributed by atoms with Gasteiger partial charge >= 0.3 is 0 Å². The van der Waals surface area contributed by atoms with Gasteiger partial charge in [0.05, 0.1) is 119 Å². The predicted molar refractivity (Wildman–Crippen MR) is 120 cm³/mol. The summed E-state index contributed by atoms with van der Waals surface area (Å²) in [4.78, 5) is 10.0. The van der Waals surface area contributed by atoms with Crippen LogP contribution in [0.4, 0.5) is 0 Å². The number of amides is 1. The molecule has 0 aromatic rings. The van der Waals surface area contributed by atoms with E-state index in [1.165, 1.54) is 0 Å². The molecule has 3 N–H and O–H groups in total. The van der Waals surface area contributed by atoms with Crippen molar-refractivity contribution in [3.63, 3.8) is 0 Å². The Morgan fingerprint density at radius 2 is 0.667 bits per heavy atom. The number of carbonyl (C=O) groups is 1. The van der Waals surface area contributed by atoms with Crippen LogP contribution < -0.4 is 11.1 Å². The number of nitrogens with two attached hydrogens (primary N) is 1. The second kappa shape index (κ2) is 31.1. The molecule has 33 heavy (non-hydrogen) atoms. The summed E-state index contributed by atoms with van der Waals surface area (Å²) in [5.74, 6) is 0. The van der Waals surface area contributed by atoms with Crippen molar-refractivity contribution in [3.8, 4) is 0 Å². The minimum absolute atomic E-state index is 0.478. The van der Waals surface area contributed by atoms with Crippen LogP contribution in [0.1, 0.15) is 0 Å². The van der Waals surface area contributed by atoms with Crippen LogP contribution in [0.15, 0.2) is 0 Å². The zero-order valence-electron chi connectivity index (χ0n) is 19.9. The van der Waals surface area contributed by atoms with Gasteiger partial charge in [-0.3, -0.25) is 4.79 Å². The van der Waals surface area contributed by atoms with E-state index in [1.807, 2.05) is 0 Å². The molecule has 0 fully saturated rings. The minimum Gasteiger partial charge on any atom is -0.378 e. The van der Waals surface area contributed by atoms with E-state index < -0.39 is 0 Å². The van der Waals surface area contributed by atoms with Crippen molar-refractivity contribution in [2.45, 2.75) is 0 Å². The Labute approximate surface area is 197 Å². The first-order valence-electron chi connectivity index (χ1n) is 11.5. The van der Waals surface area contributed by atoms with Crippen LogP contribution >= 0.6 is 0 Å². The van der Waals surface area contributed by atoms with Crippen molar-refractivity contribution in [1.29, 1.82) is 0 Å². The van der Waals surface area contributed by atoms with E-state index in [4.69, 9.17) is 48.4 Å². The molecule has 0 aromatic heterocycles. The average Bonchev–Trinajstić information content (AvgIpc) is 2.83. The summed E-state index contributed by atoms with van der Waals surface area (Å²) in [6.45, 7) is 10.3. The van der Waals surface area contributed by atoms with Crippen LogP contribution in [0.5, 0.6) is 0 Å². The lowest BCUT2D eigenvalue weighted by Crippen LogP contribution is -2.19. The largest absolute Gasteiger partial charge is 0.378 e. The third-order valence-corrected chi connectivity index (χ3v) is 3.71. The highest BCUT2D eigenvalue weighted by Crippen LogP contribution is 1.86. The second-order valence-electron chi connectivity index (χ2n) is 6.37. The lowest BCUT2D eigenvalue weighted by molar-refractivity contribution is -0.109. The molecular formula is C21H44N2O10. The molecule has 0 unspecified atom stereocenters. The van der Waals surface area contributed by atoms with Gasteiger partial charge in [0.15, 0.2) is 0 Å². The summed E-state index contributed by atoms with van der Waals surface area (Å²) >= 11 is 0. The van der Waals surface area contributed by atoms with Gasteiger partial charge in [-0.15, -0.1) is 0 Å². The van der Waals surface area contributed by atoms with Crippen molar-refractivity contribution in [2.24, 2.45) is 5.73 Å². The van der Waals surface area contributed by atoms with Crippen molar-refractivity contribution in [1.82, 2.24) is 5.32 Å². The van der Waals surface area contributed by atoms with Gasteiger partial charge in [0.25, 0.3) is 0 Å². The van der Waals surface area contributed by atoms with Crippen molar-refractivity contribution >= 4 is 6.41 Å². The van der Waals surface area contributed by atoms with Gasteiger partial charge in [0.1, 0.15) is 0 Å². The summed E-state index contributed by atoms with van der Waals surface area (Å²) in [6.07, 6.45) is 0.646. The standard InChI is InChI=1S/C21H44N2O10/c22-1-3-25-5-7-27-9-11-29-13-15-31-17-19-33-20-18-32-16-14-30-12-10-28-8-6-26-4-2-23-21-24/h21H,1-20,22H2,(H,23,24). The Kier molecular flexibility index (Phi) is 30.2. The number of rotatable bonds is 30. The molecular weight excluding hydrogens is 440 g/mol. The molecule has 0 rings (SSSR count). The fourth-order valence-electron chi connectivity index (χ4n) is 2.13. The predicted octanol–water partition coefficient (Wildman–Crippen LogP) is -1.16. The lowest BCUT2D eigenvalue weighted by Gasteiger charge is -2.08. The number of nitrogens with one attached hydrogen (secondary N) is 1. The molecule has 0 spiro atoms. The van der Waals surface area contributed by atoms with Crippen LogP contribution in [-0.4, -0.2) is 138 Å². The molecule has 0 aliphatic carbocycles. The first-order valence-corrected chi connectivity index (χ1v) is 11.5. The van der Waals surface area contributed by atoms with E-state index in [-0.39, 0.29) is 0 Å². The van der Waals surface area contributed by atoms with Gasteiger partial charge in [0, 0.05) is 13.1 Å². The molecule has 198 valence electrons. The maximum absolute atomic E-state index is 10.0. The molecule has 0 saturated carbocycles. The third-order valence-electron chi connectivity index (χ3n) is 3.71. The zero-order valence-corrected chi connectivity index (χ0v) is 19.9. The van der Waals surface area contributed by atoms with Crippen LogP contribution in [0.25, 0.3) is 0 Å². The maximum atomic E-state index is 10.0. The summed E-state index contributed by atoms with van der Waals surface area (Å²) in [5.41, 5.74) is 5.31. The second-order valence-corrected chi connectivity index (χ2v) is 6.37. The highest BCUT2D eigenvalue weighted by Gasteiger charge is 1.95. The molecule has 0 bridgehead atoms. The topological polar surface area (TPSA) is 138 Å².